The minimum absolute atomic E-state index is 0.0145. The summed E-state index contributed by atoms with van der Waals surface area (Å²) in [5.41, 5.74) is 5.52. The molecule has 0 spiro atoms. The third-order valence-electron chi connectivity index (χ3n) is 12.6. The minimum Gasteiger partial charge on any atom is -0.453 e. The Morgan fingerprint density at radius 1 is 0.814 bits per heavy atom. The number of ether oxygens (including phenoxy) is 3. The third kappa shape index (κ3) is 7.80. The second kappa shape index (κ2) is 15.8. The molecule has 3 amide bonds. The van der Waals surface area contributed by atoms with Gasteiger partial charge in [-0.15, -0.1) is 0 Å². The van der Waals surface area contributed by atoms with Crippen molar-refractivity contribution in [1.82, 2.24) is 35.1 Å². The Labute approximate surface area is 344 Å². The van der Waals surface area contributed by atoms with Crippen molar-refractivity contribution in [3.63, 3.8) is 0 Å². The van der Waals surface area contributed by atoms with Gasteiger partial charge >= 0.3 is 12.2 Å². The number of hydrogen-bond acceptors (Lipinski definition) is 8. The van der Waals surface area contributed by atoms with Crippen LogP contribution in [-0.4, -0.2) is 92.4 Å². The maximum atomic E-state index is 14.3. The molecule has 0 unspecified atom stereocenters. The fraction of sp³-hybridized carbons (Fsp3) is 0.457. The fourth-order valence-electron chi connectivity index (χ4n) is 9.75. The molecule has 3 aliphatic heterocycles. The van der Waals surface area contributed by atoms with Gasteiger partial charge in [0.1, 0.15) is 23.3 Å². The molecule has 1 aliphatic carbocycles. The number of alkyl carbamates (subject to hydrolysis) is 1. The zero-order valence-electron chi connectivity index (χ0n) is 34.2. The van der Waals surface area contributed by atoms with Crippen LogP contribution in [0.1, 0.15) is 89.4 Å². The lowest BCUT2D eigenvalue weighted by Gasteiger charge is -2.39. The number of aromatic nitrogens is 4. The number of rotatable bonds is 8. The zero-order valence-corrected chi connectivity index (χ0v) is 34.2. The second-order valence-electron chi connectivity index (χ2n) is 17.5. The van der Waals surface area contributed by atoms with Crippen LogP contribution in [0.5, 0.6) is 0 Å². The highest BCUT2D eigenvalue weighted by atomic mass is 16.6. The van der Waals surface area contributed by atoms with E-state index in [0.717, 1.165) is 88.2 Å². The Kier molecular flexibility index (Phi) is 10.4. The largest absolute Gasteiger partial charge is 0.453 e. The first-order valence-electron chi connectivity index (χ1n) is 21.0. The average Bonchev–Trinajstić information content (AvgIpc) is 4.10. The normalized spacial score (nSPS) is 22.5. The molecule has 5 atom stereocenters. The molecule has 3 N–H and O–H groups in total. The van der Waals surface area contributed by atoms with Crippen LogP contribution in [0.4, 0.5) is 9.59 Å². The highest BCUT2D eigenvalue weighted by Crippen LogP contribution is 2.50. The van der Waals surface area contributed by atoms with E-state index in [0.29, 0.717) is 38.5 Å². The third-order valence-corrected chi connectivity index (χ3v) is 12.6. The summed E-state index contributed by atoms with van der Waals surface area (Å²) in [6.07, 6.45) is 8.93. The van der Waals surface area contributed by atoms with Crippen LogP contribution < -0.4 is 5.32 Å². The molecule has 5 heterocycles. The number of piperidine rings is 1. The van der Waals surface area contributed by atoms with Gasteiger partial charge in [-0.2, -0.15) is 0 Å². The van der Waals surface area contributed by atoms with Gasteiger partial charge in [0, 0.05) is 31.4 Å². The molecule has 308 valence electrons. The van der Waals surface area contributed by atoms with E-state index < -0.39 is 17.7 Å². The van der Waals surface area contributed by atoms with E-state index in [4.69, 9.17) is 24.2 Å². The van der Waals surface area contributed by atoms with Gasteiger partial charge in [0.05, 0.1) is 43.0 Å². The molecule has 4 aliphatic rings. The average molecular weight is 800 g/mol. The van der Waals surface area contributed by atoms with E-state index >= 15 is 0 Å². The maximum absolute atomic E-state index is 14.3. The number of nitrogens with zero attached hydrogens (tertiary/aromatic N) is 4. The molecule has 5 aromatic rings. The van der Waals surface area contributed by atoms with Crippen LogP contribution >= 0.6 is 0 Å². The van der Waals surface area contributed by atoms with Gasteiger partial charge in [-0.1, -0.05) is 48.5 Å². The number of aromatic amines is 2. The molecule has 3 aromatic carbocycles. The molecular weight excluding hydrogens is 747 g/mol. The summed E-state index contributed by atoms with van der Waals surface area (Å²) in [5, 5.41) is 5.13. The van der Waals surface area contributed by atoms with Crippen LogP contribution in [0.3, 0.4) is 0 Å². The molecule has 13 heteroatoms. The predicted molar refractivity (Wildman–Crippen MR) is 223 cm³/mol. The highest BCUT2D eigenvalue weighted by Gasteiger charge is 2.52. The molecule has 59 heavy (non-hydrogen) atoms. The summed E-state index contributed by atoms with van der Waals surface area (Å²) in [5.74, 6) is 1.81. The number of H-pyrrole nitrogens is 2. The molecule has 2 aromatic heterocycles. The van der Waals surface area contributed by atoms with Gasteiger partial charge in [0.25, 0.3) is 0 Å². The Balaban J connectivity index is 0.891. The summed E-state index contributed by atoms with van der Waals surface area (Å²) in [7, 11) is 1.33. The number of methoxy groups -OCH3 is 1. The lowest BCUT2D eigenvalue weighted by molar-refractivity contribution is -0.140. The second-order valence-corrected chi connectivity index (χ2v) is 17.5. The number of amides is 3. The van der Waals surface area contributed by atoms with Crippen molar-refractivity contribution in [2.75, 3.05) is 26.9 Å². The first-order valence-corrected chi connectivity index (χ1v) is 21.0. The van der Waals surface area contributed by atoms with Gasteiger partial charge in [0.15, 0.2) is 0 Å². The summed E-state index contributed by atoms with van der Waals surface area (Å²) in [6, 6.07) is 20.5. The molecule has 1 saturated carbocycles. The summed E-state index contributed by atoms with van der Waals surface area (Å²) >= 11 is 0. The lowest BCUT2D eigenvalue weighted by Crippen LogP contribution is -2.55. The quantitative estimate of drug-likeness (QED) is 0.141. The molecule has 3 saturated heterocycles. The first-order chi connectivity index (χ1) is 28.5. The SMILES string of the molecule is COC(=O)N[C@H](C(=O)N1[C@@H]2CC[C@@H](C2)[C@H]1c1ncc(-c2ccc(-c3ccc4cc(-c5cnc([C@@H]6CCCN6C(=O)OC(C)(C)C)[nH]5)ccc4c3)cc2)[nH]1)C1CCOCC1. The smallest absolute Gasteiger partial charge is 0.410 e. The van der Waals surface area contributed by atoms with Crippen molar-refractivity contribution in [3.05, 3.63) is 84.7 Å². The van der Waals surface area contributed by atoms with Crippen molar-refractivity contribution < 1.29 is 28.6 Å². The van der Waals surface area contributed by atoms with Crippen molar-refractivity contribution in [2.45, 2.75) is 95.5 Å². The monoisotopic (exact) mass is 799 g/mol. The molecule has 13 nitrogen and oxygen atoms in total. The molecule has 2 bridgehead atoms. The Morgan fingerprint density at radius 2 is 1.46 bits per heavy atom. The summed E-state index contributed by atoms with van der Waals surface area (Å²) in [4.78, 5) is 60.0. The van der Waals surface area contributed by atoms with Crippen LogP contribution in [0, 0.1) is 11.8 Å². The van der Waals surface area contributed by atoms with E-state index in [1.165, 1.54) is 7.11 Å². The van der Waals surface area contributed by atoms with Gasteiger partial charge in [-0.25, -0.2) is 19.6 Å². The molecule has 9 rings (SSSR count). The molecule has 4 fully saturated rings. The van der Waals surface area contributed by atoms with Crippen molar-refractivity contribution in [3.8, 4) is 33.6 Å². The standard InChI is InChI=1S/C46H53N7O6/c1-46(2,3)59-45(56)52-19-5-6-38(52)41-47-26-37(49-41)33-14-13-31-22-30(11-12-32(31)23-33)27-7-9-28(10-8-27)36-25-48-42(50-36)40-34-15-16-35(24-34)53(40)43(54)39(51-44(55)57-4)29-17-20-58-21-18-29/h7-14,22-23,25-26,29,34-35,38-40H,5-6,15-21,24H2,1-4H3,(H,47,49)(H,48,50)(H,51,55)/t34-,35+,38-,39-,40-/m0/s1. The minimum atomic E-state index is -0.668. The molecular formula is C46H53N7O6. The number of hydrogen-bond donors (Lipinski definition) is 3. The van der Waals surface area contributed by atoms with Crippen LogP contribution in [0.15, 0.2) is 73.1 Å². The van der Waals surface area contributed by atoms with E-state index in [2.05, 4.69) is 75.9 Å². The highest BCUT2D eigenvalue weighted by molar-refractivity contribution is 5.91. The van der Waals surface area contributed by atoms with Crippen molar-refractivity contribution >= 4 is 28.9 Å². The van der Waals surface area contributed by atoms with Gasteiger partial charge < -0.3 is 34.4 Å². The number of benzene rings is 3. The molecule has 0 radical (unpaired) electrons. The Bertz CT molecular complexity index is 2340. The number of carbonyl (C=O) groups excluding carboxylic acids is 3. The number of nitrogens with one attached hydrogen (secondary N) is 3. The number of imidazole rings is 2. The summed E-state index contributed by atoms with van der Waals surface area (Å²) < 4.78 is 16.2. The van der Waals surface area contributed by atoms with Crippen LogP contribution in [-0.2, 0) is 19.0 Å². The maximum Gasteiger partial charge on any atom is 0.410 e. The Morgan fingerprint density at radius 3 is 2.19 bits per heavy atom. The van der Waals surface area contributed by atoms with Crippen LogP contribution in [0.25, 0.3) is 44.4 Å². The fourth-order valence-corrected chi connectivity index (χ4v) is 9.75. The van der Waals surface area contributed by atoms with Crippen LogP contribution in [0.2, 0.25) is 0 Å². The van der Waals surface area contributed by atoms with Gasteiger partial charge in [-0.05, 0) is 117 Å². The van der Waals surface area contributed by atoms with Crippen molar-refractivity contribution in [2.24, 2.45) is 11.8 Å². The lowest BCUT2D eigenvalue weighted by atomic mass is 9.89. The summed E-state index contributed by atoms with van der Waals surface area (Å²) in [6.45, 7) is 7.46. The number of carbonyl (C=O) groups is 3. The van der Waals surface area contributed by atoms with Gasteiger partial charge in [-0.3, -0.25) is 9.69 Å². The number of fused-ring (bicyclic) bond motifs is 3. The van der Waals surface area contributed by atoms with E-state index in [1.807, 2.05) is 38.1 Å². The van der Waals surface area contributed by atoms with E-state index in [9.17, 15) is 14.4 Å². The first kappa shape index (κ1) is 38.8. The topological polar surface area (TPSA) is 155 Å². The van der Waals surface area contributed by atoms with E-state index in [-0.39, 0.29) is 36.0 Å². The van der Waals surface area contributed by atoms with E-state index in [1.54, 1.807) is 4.90 Å². The van der Waals surface area contributed by atoms with Gasteiger partial charge in [0.2, 0.25) is 5.91 Å². The Hall–Kier alpha value is -5.69. The predicted octanol–water partition coefficient (Wildman–Crippen LogP) is 8.56. The number of likely N-dealkylation sites (tertiary alicyclic amines) is 2. The zero-order chi connectivity index (χ0) is 40.8. The van der Waals surface area contributed by atoms with Crippen molar-refractivity contribution in [1.29, 1.82) is 0 Å².